The predicted molar refractivity (Wildman–Crippen MR) is 98.6 cm³/mol. The average Bonchev–Trinajstić information content (AvgIpc) is 3.29. The van der Waals surface area contributed by atoms with E-state index in [1.54, 1.807) is 6.26 Å². The fourth-order valence-electron chi connectivity index (χ4n) is 2.84. The number of benzene rings is 2. The normalized spacial score (nSPS) is 11.2. The lowest BCUT2D eigenvalue weighted by Crippen LogP contribution is -2.13. The Morgan fingerprint density at radius 2 is 1.92 bits per heavy atom. The number of hydrogen-bond donors (Lipinski definition) is 1. The molecule has 0 radical (unpaired) electrons. The van der Waals surface area contributed by atoms with Gasteiger partial charge in [0.05, 0.1) is 16.7 Å². The monoisotopic (exact) mass is 332 g/mol. The van der Waals surface area contributed by atoms with Crippen molar-refractivity contribution >= 4 is 11.0 Å². The highest BCUT2D eigenvalue weighted by molar-refractivity contribution is 5.77. The molecule has 5 nitrogen and oxygen atoms in total. The first-order chi connectivity index (χ1) is 12.3. The van der Waals surface area contributed by atoms with E-state index in [4.69, 9.17) is 4.42 Å². The van der Waals surface area contributed by atoms with Crippen molar-refractivity contribution in [2.75, 3.05) is 6.54 Å². The second kappa shape index (κ2) is 6.91. The Bertz CT molecular complexity index is 969. The molecule has 4 rings (SSSR count). The van der Waals surface area contributed by atoms with Crippen LogP contribution in [0.5, 0.6) is 0 Å². The molecule has 0 saturated heterocycles. The van der Waals surface area contributed by atoms with Gasteiger partial charge in [0, 0.05) is 17.8 Å². The van der Waals surface area contributed by atoms with Crippen LogP contribution in [0.3, 0.4) is 0 Å². The van der Waals surface area contributed by atoms with E-state index in [2.05, 4.69) is 45.0 Å². The predicted octanol–water partition coefficient (Wildman–Crippen LogP) is 4.18. The lowest BCUT2D eigenvalue weighted by molar-refractivity contribution is 0.570. The largest absolute Gasteiger partial charge is 0.444 e. The van der Waals surface area contributed by atoms with Crippen LogP contribution in [0.1, 0.15) is 19.0 Å². The van der Waals surface area contributed by atoms with E-state index in [9.17, 15) is 0 Å². The van der Waals surface area contributed by atoms with Crippen LogP contribution in [0.25, 0.3) is 28.2 Å². The third-order valence-electron chi connectivity index (χ3n) is 4.13. The molecule has 0 unspecified atom stereocenters. The molecule has 2 aromatic heterocycles. The zero-order valence-electron chi connectivity index (χ0n) is 14.1. The quantitative estimate of drug-likeness (QED) is 0.538. The Morgan fingerprint density at radius 1 is 1.08 bits per heavy atom. The molecular formula is C20H20N4O. The molecule has 25 heavy (non-hydrogen) atoms. The first kappa shape index (κ1) is 15.6. The molecule has 2 aromatic carbocycles. The highest BCUT2D eigenvalue weighted by atomic mass is 16.3. The summed E-state index contributed by atoms with van der Waals surface area (Å²) in [4.78, 5) is 8.99. The Balaban J connectivity index is 1.56. The molecule has 0 saturated carbocycles. The van der Waals surface area contributed by atoms with Crippen molar-refractivity contribution in [3.63, 3.8) is 0 Å². The van der Waals surface area contributed by atoms with Crippen molar-refractivity contribution in [1.29, 1.82) is 0 Å². The van der Waals surface area contributed by atoms with Crippen LogP contribution in [-0.4, -0.2) is 21.1 Å². The fraction of sp³-hybridized carbons (Fsp3) is 0.200. The Hall–Kier alpha value is -2.92. The van der Waals surface area contributed by atoms with Gasteiger partial charge in [-0.25, -0.2) is 9.97 Å². The van der Waals surface area contributed by atoms with E-state index >= 15 is 0 Å². The minimum absolute atomic E-state index is 0.648. The number of imidazole rings is 1. The summed E-state index contributed by atoms with van der Waals surface area (Å²) >= 11 is 0. The van der Waals surface area contributed by atoms with E-state index in [0.717, 1.165) is 47.5 Å². The Kier molecular flexibility index (Phi) is 4.31. The number of oxazole rings is 1. The number of fused-ring (bicyclic) bond motifs is 1. The molecular weight excluding hydrogens is 312 g/mol. The number of nitrogens with one attached hydrogen (secondary N) is 1. The van der Waals surface area contributed by atoms with Gasteiger partial charge < -0.3 is 9.73 Å². The van der Waals surface area contributed by atoms with E-state index < -0.39 is 0 Å². The summed E-state index contributed by atoms with van der Waals surface area (Å²) < 4.78 is 7.69. The summed E-state index contributed by atoms with van der Waals surface area (Å²) in [5.41, 5.74) is 5.04. The Labute approximate surface area is 146 Å². The van der Waals surface area contributed by atoms with Gasteiger partial charge in [-0.15, -0.1) is 0 Å². The lowest BCUT2D eigenvalue weighted by atomic mass is 10.2. The first-order valence-electron chi connectivity index (χ1n) is 8.53. The van der Waals surface area contributed by atoms with E-state index in [0.29, 0.717) is 5.89 Å². The Morgan fingerprint density at radius 3 is 2.76 bits per heavy atom. The van der Waals surface area contributed by atoms with Crippen LogP contribution >= 0.6 is 0 Å². The topological polar surface area (TPSA) is 55.9 Å². The van der Waals surface area contributed by atoms with Gasteiger partial charge in [-0.3, -0.25) is 4.57 Å². The molecule has 0 atom stereocenters. The zero-order valence-corrected chi connectivity index (χ0v) is 14.1. The van der Waals surface area contributed by atoms with Crippen molar-refractivity contribution in [1.82, 2.24) is 19.9 Å². The molecule has 0 bridgehead atoms. The first-order valence-corrected chi connectivity index (χ1v) is 8.53. The summed E-state index contributed by atoms with van der Waals surface area (Å²) in [6, 6.07) is 16.3. The minimum atomic E-state index is 0.648. The smallest absolute Gasteiger partial charge is 0.226 e. The van der Waals surface area contributed by atoms with E-state index in [1.807, 2.05) is 36.7 Å². The van der Waals surface area contributed by atoms with Gasteiger partial charge in [-0.1, -0.05) is 19.1 Å². The zero-order chi connectivity index (χ0) is 17.1. The van der Waals surface area contributed by atoms with Gasteiger partial charge in [-0.05, 0) is 49.4 Å². The average molecular weight is 332 g/mol. The lowest BCUT2D eigenvalue weighted by Gasteiger charge is -2.04. The molecule has 0 aliphatic heterocycles. The molecule has 2 heterocycles. The van der Waals surface area contributed by atoms with Gasteiger partial charge in [-0.2, -0.15) is 0 Å². The molecule has 0 aliphatic carbocycles. The van der Waals surface area contributed by atoms with Crippen LogP contribution in [0.15, 0.2) is 65.5 Å². The maximum atomic E-state index is 5.61. The van der Waals surface area contributed by atoms with Crippen molar-refractivity contribution < 1.29 is 4.42 Å². The summed E-state index contributed by atoms with van der Waals surface area (Å²) in [5.74, 6) is 0.648. The maximum absolute atomic E-state index is 5.61. The van der Waals surface area contributed by atoms with E-state index in [1.165, 1.54) is 0 Å². The standard InChI is InChI=1S/C20H20N4O/c1-2-11-21-12-16-13-25-20(23-16)15-7-9-17(10-8-15)24-14-22-18-5-3-4-6-19(18)24/h3-10,13-14,21H,2,11-12H2,1H3. The van der Waals surface area contributed by atoms with Gasteiger partial charge >= 0.3 is 0 Å². The second-order valence-corrected chi connectivity index (χ2v) is 5.97. The molecule has 1 N–H and O–H groups in total. The van der Waals surface area contributed by atoms with Crippen LogP contribution in [0.2, 0.25) is 0 Å². The number of nitrogens with zero attached hydrogens (tertiary/aromatic N) is 3. The summed E-state index contributed by atoms with van der Waals surface area (Å²) in [6.45, 7) is 3.86. The molecule has 4 aromatic rings. The van der Waals surface area contributed by atoms with Crippen LogP contribution in [0, 0.1) is 0 Å². The highest BCUT2D eigenvalue weighted by Gasteiger charge is 2.08. The minimum Gasteiger partial charge on any atom is -0.444 e. The molecule has 0 fully saturated rings. The van der Waals surface area contributed by atoms with Crippen molar-refractivity contribution in [3.05, 3.63) is 66.8 Å². The second-order valence-electron chi connectivity index (χ2n) is 5.97. The van der Waals surface area contributed by atoms with Gasteiger partial charge in [0.1, 0.15) is 12.6 Å². The summed E-state index contributed by atoms with van der Waals surface area (Å²) in [5, 5.41) is 3.33. The maximum Gasteiger partial charge on any atom is 0.226 e. The number of hydrogen-bond acceptors (Lipinski definition) is 4. The van der Waals surface area contributed by atoms with Crippen molar-refractivity contribution in [3.8, 4) is 17.1 Å². The van der Waals surface area contributed by atoms with Gasteiger partial charge in [0.15, 0.2) is 0 Å². The molecule has 0 aliphatic rings. The van der Waals surface area contributed by atoms with Gasteiger partial charge in [0.25, 0.3) is 0 Å². The van der Waals surface area contributed by atoms with Gasteiger partial charge in [0.2, 0.25) is 5.89 Å². The SMILES string of the molecule is CCCNCc1coc(-c2ccc(-n3cnc4ccccc43)cc2)n1. The third kappa shape index (κ3) is 3.19. The molecule has 0 spiro atoms. The van der Waals surface area contributed by atoms with Crippen LogP contribution < -0.4 is 5.32 Å². The molecule has 126 valence electrons. The number of aromatic nitrogens is 3. The number of para-hydroxylation sites is 2. The van der Waals surface area contributed by atoms with Crippen molar-refractivity contribution in [2.45, 2.75) is 19.9 Å². The summed E-state index contributed by atoms with van der Waals surface area (Å²) in [7, 11) is 0. The van der Waals surface area contributed by atoms with Crippen LogP contribution in [-0.2, 0) is 6.54 Å². The third-order valence-corrected chi connectivity index (χ3v) is 4.13. The number of rotatable bonds is 6. The summed E-state index contributed by atoms with van der Waals surface area (Å²) in [6.07, 6.45) is 4.67. The highest BCUT2D eigenvalue weighted by Crippen LogP contribution is 2.23. The van der Waals surface area contributed by atoms with Crippen LogP contribution in [0.4, 0.5) is 0 Å². The van der Waals surface area contributed by atoms with Crippen molar-refractivity contribution in [2.24, 2.45) is 0 Å². The molecule has 5 heteroatoms. The fourth-order valence-corrected chi connectivity index (χ4v) is 2.84. The molecule has 0 amide bonds. The van der Waals surface area contributed by atoms with E-state index in [-0.39, 0.29) is 0 Å².